The summed E-state index contributed by atoms with van der Waals surface area (Å²) in [5.74, 6) is -1.21. The molecule has 5 heteroatoms. The number of unbranched alkanes of at least 4 members (excludes halogenated alkanes) is 2. The molecular weight excluding hydrogens is 294 g/mol. The third kappa shape index (κ3) is 5.08. The number of allylic oxidation sites excluding steroid dienone is 1. The number of rotatable bonds is 9. The van der Waals surface area contributed by atoms with Gasteiger partial charge in [0.05, 0.1) is 6.61 Å². The monoisotopic (exact) mass is 318 g/mol. The fourth-order valence-electron chi connectivity index (χ4n) is 2.33. The predicted molar refractivity (Wildman–Crippen MR) is 87.8 cm³/mol. The van der Waals surface area contributed by atoms with Gasteiger partial charge in [0.1, 0.15) is 18.5 Å². The number of carbonyl (C=O) groups is 1. The highest BCUT2D eigenvalue weighted by Crippen LogP contribution is 2.23. The second-order valence-electron chi connectivity index (χ2n) is 5.68. The van der Waals surface area contributed by atoms with Gasteiger partial charge in [-0.15, -0.1) is 6.58 Å². The number of carbonyl (C=O) groups excluding carboxylic acids is 1. The van der Waals surface area contributed by atoms with Gasteiger partial charge in [-0.05, 0) is 50.3 Å². The first-order valence-electron chi connectivity index (χ1n) is 7.81. The van der Waals surface area contributed by atoms with Crippen LogP contribution in [0.25, 0.3) is 0 Å². The molecule has 1 aromatic carbocycles. The average Bonchev–Trinajstić information content (AvgIpc) is 2.94. The fourth-order valence-corrected chi connectivity index (χ4v) is 2.33. The molecule has 0 aliphatic carbocycles. The molecule has 2 N–H and O–H groups in total. The SMILES string of the molecule is C=C[CH]CCCc1ccc(OC[C@@H]2COC(C)(C(N)=O)O2)cc1. The summed E-state index contributed by atoms with van der Waals surface area (Å²) in [4.78, 5) is 11.2. The van der Waals surface area contributed by atoms with Crippen LogP contribution >= 0.6 is 0 Å². The van der Waals surface area contributed by atoms with E-state index in [-0.39, 0.29) is 12.7 Å². The quantitative estimate of drug-likeness (QED) is 0.710. The Bertz CT molecular complexity index is 528. The molecule has 0 spiro atoms. The summed E-state index contributed by atoms with van der Waals surface area (Å²) in [7, 11) is 0. The third-order valence-electron chi connectivity index (χ3n) is 3.75. The van der Waals surface area contributed by atoms with Crippen molar-refractivity contribution >= 4 is 5.91 Å². The molecule has 0 bridgehead atoms. The normalized spacial score (nSPS) is 23.6. The van der Waals surface area contributed by atoms with Gasteiger partial charge >= 0.3 is 0 Å². The molecular formula is C18H24NO4. The van der Waals surface area contributed by atoms with E-state index in [0.29, 0.717) is 6.61 Å². The maximum absolute atomic E-state index is 11.2. The number of amides is 1. The van der Waals surface area contributed by atoms with E-state index in [2.05, 4.69) is 25.1 Å². The van der Waals surface area contributed by atoms with Gasteiger partial charge in [0, 0.05) is 0 Å². The molecule has 1 saturated heterocycles. The van der Waals surface area contributed by atoms with E-state index >= 15 is 0 Å². The summed E-state index contributed by atoms with van der Waals surface area (Å²) in [6, 6.07) is 8.00. The molecule has 2 rings (SSSR count). The lowest BCUT2D eigenvalue weighted by Gasteiger charge is -2.18. The lowest BCUT2D eigenvalue weighted by molar-refractivity contribution is -0.178. The Morgan fingerprint density at radius 1 is 1.48 bits per heavy atom. The first kappa shape index (κ1) is 17.5. The molecule has 1 aliphatic heterocycles. The van der Waals surface area contributed by atoms with Crippen LogP contribution in [0.2, 0.25) is 0 Å². The van der Waals surface area contributed by atoms with Crippen LogP contribution < -0.4 is 10.5 Å². The highest BCUT2D eigenvalue weighted by atomic mass is 16.8. The molecule has 1 heterocycles. The summed E-state index contributed by atoms with van der Waals surface area (Å²) in [6.45, 7) is 5.80. The van der Waals surface area contributed by atoms with Gasteiger partial charge in [-0.2, -0.15) is 0 Å². The zero-order chi connectivity index (χ0) is 16.7. The van der Waals surface area contributed by atoms with Crippen molar-refractivity contribution in [2.45, 2.75) is 38.1 Å². The molecule has 125 valence electrons. The minimum absolute atomic E-state index is 0.289. The maximum Gasteiger partial charge on any atom is 0.277 e. The molecule has 0 saturated carbocycles. The second-order valence-corrected chi connectivity index (χ2v) is 5.68. The van der Waals surface area contributed by atoms with E-state index in [1.807, 2.05) is 18.2 Å². The number of hydrogen-bond acceptors (Lipinski definition) is 4. The van der Waals surface area contributed by atoms with Crippen LogP contribution in [0.4, 0.5) is 0 Å². The van der Waals surface area contributed by atoms with Gasteiger partial charge in [-0.25, -0.2) is 0 Å². The standard InChI is InChI=1S/C18H24NO4/c1-3-4-5-6-7-14-8-10-15(11-9-14)21-12-16-13-22-18(2,23-16)17(19)20/h3-4,8-11,16H,1,5-7,12-13H2,2H3,(H2,19,20)/t16-,18?/m1/s1. The van der Waals surface area contributed by atoms with Crippen LogP contribution in [0.15, 0.2) is 36.9 Å². The Labute approximate surface area is 137 Å². The van der Waals surface area contributed by atoms with Crippen molar-refractivity contribution in [3.8, 4) is 5.75 Å². The van der Waals surface area contributed by atoms with E-state index in [1.165, 1.54) is 12.5 Å². The molecule has 0 aromatic heterocycles. The van der Waals surface area contributed by atoms with Gasteiger partial charge in [0.15, 0.2) is 0 Å². The summed E-state index contributed by atoms with van der Waals surface area (Å²) in [5, 5.41) is 0. The van der Waals surface area contributed by atoms with E-state index in [9.17, 15) is 4.79 Å². The minimum Gasteiger partial charge on any atom is -0.491 e. The summed E-state index contributed by atoms with van der Waals surface area (Å²) in [6.07, 6.45) is 6.77. The van der Waals surface area contributed by atoms with Crippen molar-refractivity contribution in [2.75, 3.05) is 13.2 Å². The number of benzene rings is 1. The van der Waals surface area contributed by atoms with Gasteiger partial charge in [0.25, 0.3) is 5.91 Å². The molecule has 1 fully saturated rings. The van der Waals surface area contributed by atoms with E-state index < -0.39 is 11.7 Å². The van der Waals surface area contributed by atoms with Crippen molar-refractivity contribution in [1.82, 2.24) is 0 Å². The van der Waals surface area contributed by atoms with Gasteiger partial charge in [-0.3, -0.25) is 4.79 Å². The van der Waals surface area contributed by atoms with Gasteiger partial charge in [-0.1, -0.05) is 18.2 Å². The lowest BCUT2D eigenvalue weighted by Crippen LogP contribution is -2.42. The summed E-state index contributed by atoms with van der Waals surface area (Å²) >= 11 is 0. The Kier molecular flexibility index (Phi) is 6.19. The van der Waals surface area contributed by atoms with E-state index in [1.54, 1.807) is 0 Å². The van der Waals surface area contributed by atoms with Gasteiger partial charge < -0.3 is 19.9 Å². The number of primary amides is 1. The van der Waals surface area contributed by atoms with Crippen molar-refractivity contribution < 1.29 is 19.0 Å². The molecule has 23 heavy (non-hydrogen) atoms. The lowest BCUT2D eigenvalue weighted by atomic mass is 10.1. The Balaban J connectivity index is 1.74. The van der Waals surface area contributed by atoms with Crippen LogP contribution in [-0.2, 0) is 20.7 Å². The van der Waals surface area contributed by atoms with Crippen molar-refractivity contribution in [1.29, 1.82) is 0 Å². The van der Waals surface area contributed by atoms with Crippen LogP contribution in [0.3, 0.4) is 0 Å². The number of hydrogen-bond donors (Lipinski definition) is 1. The Morgan fingerprint density at radius 3 is 2.83 bits per heavy atom. The second kappa shape index (κ2) is 8.13. The van der Waals surface area contributed by atoms with E-state index in [4.69, 9.17) is 19.9 Å². The molecule has 1 amide bonds. The van der Waals surface area contributed by atoms with E-state index in [0.717, 1.165) is 25.0 Å². The number of nitrogens with two attached hydrogens (primary N) is 1. The molecule has 1 aliphatic rings. The van der Waals surface area contributed by atoms with Crippen LogP contribution in [0.1, 0.15) is 25.3 Å². The smallest absolute Gasteiger partial charge is 0.277 e. The van der Waals surface area contributed by atoms with Crippen LogP contribution in [0.5, 0.6) is 5.75 Å². The Hall–Kier alpha value is -1.85. The first-order valence-corrected chi connectivity index (χ1v) is 7.81. The van der Waals surface area contributed by atoms with Crippen LogP contribution in [0, 0.1) is 6.42 Å². The highest BCUT2D eigenvalue weighted by Gasteiger charge is 2.42. The van der Waals surface area contributed by atoms with Crippen LogP contribution in [-0.4, -0.2) is 31.0 Å². The zero-order valence-corrected chi connectivity index (χ0v) is 13.5. The Morgan fingerprint density at radius 2 is 2.22 bits per heavy atom. The molecule has 1 radical (unpaired) electrons. The van der Waals surface area contributed by atoms with Crippen molar-refractivity contribution in [2.24, 2.45) is 5.73 Å². The number of ether oxygens (including phenoxy) is 3. The topological polar surface area (TPSA) is 70.8 Å². The predicted octanol–water partition coefficient (Wildman–Crippen LogP) is 2.40. The molecule has 5 nitrogen and oxygen atoms in total. The highest BCUT2D eigenvalue weighted by molar-refractivity contribution is 5.81. The zero-order valence-electron chi connectivity index (χ0n) is 13.5. The van der Waals surface area contributed by atoms with Crippen molar-refractivity contribution in [3.05, 3.63) is 48.9 Å². The summed E-state index contributed by atoms with van der Waals surface area (Å²) < 4.78 is 16.5. The number of aryl methyl sites for hydroxylation is 1. The maximum atomic E-state index is 11.2. The minimum atomic E-state index is -1.35. The largest absolute Gasteiger partial charge is 0.491 e. The van der Waals surface area contributed by atoms with Gasteiger partial charge in [0.2, 0.25) is 5.79 Å². The third-order valence-corrected chi connectivity index (χ3v) is 3.75. The first-order chi connectivity index (χ1) is 11.0. The summed E-state index contributed by atoms with van der Waals surface area (Å²) in [5.41, 5.74) is 6.51. The average molecular weight is 318 g/mol. The molecule has 1 unspecified atom stereocenters. The fraction of sp³-hybridized carbons (Fsp3) is 0.444. The van der Waals surface area contributed by atoms with Crippen molar-refractivity contribution in [3.63, 3.8) is 0 Å². The molecule has 1 aromatic rings. The molecule has 2 atom stereocenters.